The van der Waals surface area contributed by atoms with Crippen molar-refractivity contribution in [3.8, 4) is 0 Å². The maximum Gasteiger partial charge on any atom is 0.309 e. The smallest absolute Gasteiger partial charge is 0.309 e. The molecule has 0 radical (unpaired) electrons. The van der Waals surface area contributed by atoms with Gasteiger partial charge < -0.3 is 24.4 Å². The summed E-state index contributed by atoms with van der Waals surface area (Å²) >= 11 is 1.56. The highest BCUT2D eigenvalue weighted by Crippen LogP contribution is 2.33. The number of aryl methyl sites for hydroxylation is 1. The predicted molar refractivity (Wildman–Crippen MR) is 151 cm³/mol. The minimum absolute atomic E-state index is 0.0181. The van der Waals surface area contributed by atoms with Crippen molar-refractivity contribution >= 4 is 29.2 Å². The molecular weight excluding hydrogens is 518 g/mol. The molecule has 3 heterocycles. The molecule has 0 amide bonds. The van der Waals surface area contributed by atoms with Gasteiger partial charge in [-0.2, -0.15) is 0 Å². The second kappa shape index (κ2) is 14.1. The van der Waals surface area contributed by atoms with E-state index in [0.29, 0.717) is 26.2 Å². The van der Waals surface area contributed by atoms with Crippen molar-refractivity contribution in [2.45, 2.75) is 104 Å². The van der Waals surface area contributed by atoms with E-state index in [0.717, 1.165) is 35.5 Å². The molecule has 2 aliphatic rings. The average Bonchev–Trinajstić information content (AvgIpc) is 3.55. The third-order valence-electron chi connectivity index (χ3n) is 8.09. The van der Waals surface area contributed by atoms with Crippen LogP contribution in [0.25, 0.3) is 6.08 Å². The molecule has 0 spiro atoms. The fraction of sp³-hybridized carbons (Fsp3) is 0.700. The first-order valence-electron chi connectivity index (χ1n) is 14.0. The van der Waals surface area contributed by atoms with Crippen LogP contribution >= 0.6 is 11.3 Å². The largest absolute Gasteiger partial charge is 0.457 e. The van der Waals surface area contributed by atoms with Crippen LogP contribution in [-0.2, 0) is 23.8 Å². The van der Waals surface area contributed by atoms with Gasteiger partial charge in [0, 0.05) is 17.7 Å². The van der Waals surface area contributed by atoms with Gasteiger partial charge >= 0.3 is 5.97 Å². The SMILES string of the molecule is CC(=Cc1csc(C)n1)[C@@H]1CC=C(CC2COCO2)CCC[C@H](C)[C@H](O)[C@@H](C)C(=O)C(C)(C)[C@@H](O)CC(=O)O1. The van der Waals surface area contributed by atoms with Gasteiger partial charge in [-0.3, -0.25) is 9.59 Å². The van der Waals surface area contributed by atoms with Gasteiger partial charge in [0.25, 0.3) is 0 Å². The van der Waals surface area contributed by atoms with Crippen LogP contribution in [0.1, 0.15) is 83.8 Å². The van der Waals surface area contributed by atoms with E-state index in [1.54, 1.807) is 32.1 Å². The van der Waals surface area contributed by atoms with Crippen molar-refractivity contribution in [1.29, 1.82) is 0 Å². The number of cyclic esters (lactones) is 1. The Bertz CT molecular complexity index is 1040. The molecule has 0 bridgehead atoms. The molecule has 0 saturated carbocycles. The van der Waals surface area contributed by atoms with E-state index in [2.05, 4.69) is 11.1 Å². The third-order valence-corrected chi connectivity index (χ3v) is 8.88. The number of carbonyl (C=O) groups is 2. The van der Waals surface area contributed by atoms with Crippen LogP contribution in [0.2, 0.25) is 0 Å². The number of aliphatic hydroxyl groups is 2. The molecule has 3 rings (SSSR count). The molecule has 1 fully saturated rings. The summed E-state index contributed by atoms with van der Waals surface area (Å²) in [6.07, 6.45) is 4.66. The summed E-state index contributed by atoms with van der Waals surface area (Å²) in [6, 6.07) is 0. The summed E-state index contributed by atoms with van der Waals surface area (Å²) in [5.74, 6) is -1.61. The van der Waals surface area contributed by atoms with Crippen molar-refractivity contribution in [2.75, 3.05) is 13.4 Å². The normalized spacial score (nSPS) is 32.1. The number of carbonyl (C=O) groups excluding carboxylic acids is 2. The lowest BCUT2D eigenvalue weighted by molar-refractivity contribution is -0.154. The number of rotatable bonds is 4. The van der Waals surface area contributed by atoms with Crippen LogP contribution in [-0.4, -0.2) is 64.8 Å². The molecule has 39 heavy (non-hydrogen) atoms. The van der Waals surface area contributed by atoms with Crippen molar-refractivity contribution < 1.29 is 34.0 Å². The highest BCUT2D eigenvalue weighted by molar-refractivity contribution is 7.09. The highest BCUT2D eigenvalue weighted by Gasteiger charge is 2.42. The van der Waals surface area contributed by atoms with E-state index in [1.165, 1.54) is 5.57 Å². The lowest BCUT2D eigenvalue weighted by Crippen LogP contribution is -2.45. The topological polar surface area (TPSA) is 115 Å². The third kappa shape index (κ3) is 8.79. The first kappa shape index (κ1) is 31.6. The van der Waals surface area contributed by atoms with E-state index in [-0.39, 0.29) is 24.2 Å². The molecular formula is C30H45NO7S. The van der Waals surface area contributed by atoms with Crippen molar-refractivity contribution in [2.24, 2.45) is 17.3 Å². The zero-order chi connectivity index (χ0) is 28.7. The van der Waals surface area contributed by atoms with Crippen LogP contribution in [0.4, 0.5) is 0 Å². The first-order chi connectivity index (χ1) is 18.4. The first-order valence-corrected chi connectivity index (χ1v) is 14.8. The van der Waals surface area contributed by atoms with Crippen molar-refractivity contribution in [3.63, 3.8) is 0 Å². The molecule has 0 aromatic carbocycles. The van der Waals surface area contributed by atoms with Crippen molar-refractivity contribution in [3.05, 3.63) is 33.3 Å². The maximum atomic E-state index is 13.3. The molecule has 1 saturated heterocycles. The Kier molecular flexibility index (Phi) is 11.5. The van der Waals surface area contributed by atoms with Gasteiger partial charge in [-0.1, -0.05) is 39.3 Å². The van der Waals surface area contributed by atoms with Crippen LogP contribution in [0.3, 0.4) is 0 Å². The van der Waals surface area contributed by atoms with E-state index in [1.807, 2.05) is 32.2 Å². The molecule has 8 nitrogen and oxygen atoms in total. The Morgan fingerprint density at radius 1 is 1.26 bits per heavy atom. The van der Waals surface area contributed by atoms with E-state index < -0.39 is 35.6 Å². The fourth-order valence-electron chi connectivity index (χ4n) is 5.28. The van der Waals surface area contributed by atoms with E-state index in [4.69, 9.17) is 14.2 Å². The Labute approximate surface area is 236 Å². The number of aliphatic hydroxyl groups excluding tert-OH is 2. The second-order valence-corrected chi connectivity index (χ2v) is 12.8. The van der Waals surface area contributed by atoms with Crippen LogP contribution in [0.5, 0.6) is 0 Å². The number of nitrogens with zero attached hydrogens (tertiary/aromatic N) is 1. The lowest BCUT2D eigenvalue weighted by Gasteiger charge is -2.34. The predicted octanol–water partition coefficient (Wildman–Crippen LogP) is 5.01. The molecule has 1 aromatic rings. The molecule has 6 atom stereocenters. The number of esters is 1. The quantitative estimate of drug-likeness (QED) is 0.388. The molecule has 2 N–H and O–H groups in total. The minimum Gasteiger partial charge on any atom is -0.457 e. The summed E-state index contributed by atoms with van der Waals surface area (Å²) in [4.78, 5) is 30.9. The number of hydrogen-bond donors (Lipinski definition) is 2. The van der Waals surface area contributed by atoms with Gasteiger partial charge in [-0.25, -0.2) is 4.98 Å². The summed E-state index contributed by atoms with van der Waals surface area (Å²) in [5, 5.41) is 24.8. The van der Waals surface area contributed by atoms with Gasteiger partial charge in [-0.05, 0) is 57.1 Å². The second-order valence-electron chi connectivity index (χ2n) is 11.7. The summed E-state index contributed by atoms with van der Waals surface area (Å²) in [6.45, 7) is 11.6. The molecule has 1 unspecified atom stereocenters. The Morgan fingerprint density at radius 3 is 2.64 bits per heavy atom. The van der Waals surface area contributed by atoms with Gasteiger partial charge in [0.2, 0.25) is 0 Å². The summed E-state index contributed by atoms with van der Waals surface area (Å²) in [7, 11) is 0. The maximum absolute atomic E-state index is 13.3. The Balaban J connectivity index is 1.91. The number of hydrogen-bond acceptors (Lipinski definition) is 9. The van der Waals surface area contributed by atoms with E-state index >= 15 is 0 Å². The summed E-state index contributed by atoms with van der Waals surface area (Å²) < 4.78 is 17.0. The Morgan fingerprint density at radius 2 is 2.00 bits per heavy atom. The number of ketones is 1. The zero-order valence-corrected chi connectivity index (χ0v) is 25.0. The molecule has 218 valence electrons. The monoisotopic (exact) mass is 563 g/mol. The average molecular weight is 564 g/mol. The van der Waals surface area contributed by atoms with Gasteiger partial charge in [0.1, 0.15) is 18.7 Å². The van der Waals surface area contributed by atoms with Gasteiger partial charge in [0.05, 0.1) is 47.5 Å². The number of Topliss-reactive ketones (excluding diaryl/α,β-unsaturated/α-hetero) is 1. The standard InChI is InChI=1S/C30H45NO7S/c1-18-8-7-9-22(13-24-15-36-17-37-24)10-11-25(19(2)12-23-16-39-21(4)31-23)38-27(33)14-26(32)30(5,6)29(35)20(3)28(18)34/h10,12,16,18,20,24-26,28,32,34H,7-9,11,13-15,17H2,1-6H3/t18-,20+,24?,25-,26-,28-/m0/s1. The van der Waals surface area contributed by atoms with Crippen LogP contribution < -0.4 is 0 Å². The van der Waals surface area contributed by atoms with E-state index in [9.17, 15) is 19.8 Å². The fourth-order valence-corrected chi connectivity index (χ4v) is 5.85. The number of aromatic nitrogens is 1. The molecule has 9 heteroatoms. The minimum atomic E-state index is -1.24. The molecule has 2 aliphatic heterocycles. The number of thiazole rings is 1. The van der Waals surface area contributed by atoms with Gasteiger partial charge in [0.15, 0.2) is 0 Å². The molecule has 0 aliphatic carbocycles. The zero-order valence-electron chi connectivity index (χ0n) is 24.1. The van der Waals surface area contributed by atoms with Crippen LogP contribution in [0.15, 0.2) is 22.6 Å². The molecule has 1 aromatic heterocycles. The van der Waals surface area contributed by atoms with Gasteiger partial charge in [-0.15, -0.1) is 11.3 Å². The highest BCUT2D eigenvalue weighted by atomic mass is 32.1. The van der Waals surface area contributed by atoms with Crippen LogP contribution in [0, 0.1) is 24.2 Å². The Hall–Kier alpha value is -1.91. The summed E-state index contributed by atoms with van der Waals surface area (Å²) in [5.41, 5.74) is 1.63. The number of ether oxygens (including phenoxy) is 3. The lowest BCUT2D eigenvalue weighted by atomic mass is 9.73. The van der Waals surface area contributed by atoms with Crippen molar-refractivity contribution in [1.82, 2.24) is 4.98 Å².